The summed E-state index contributed by atoms with van der Waals surface area (Å²) in [6.45, 7) is 11.8. The third-order valence-electron chi connectivity index (χ3n) is 12.1. The van der Waals surface area contributed by atoms with Crippen LogP contribution in [0.4, 0.5) is 8.78 Å². The lowest BCUT2D eigenvalue weighted by Gasteiger charge is -2.29. The van der Waals surface area contributed by atoms with Crippen LogP contribution >= 0.6 is 45.9 Å². The minimum Gasteiger partial charge on any atom is -0.490 e. The van der Waals surface area contributed by atoms with Crippen molar-refractivity contribution >= 4 is 89.5 Å². The highest BCUT2D eigenvalue weighted by Crippen LogP contribution is 2.37. The molecule has 0 unspecified atom stereocenters. The number of fused-ring (bicyclic) bond motifs is 2. The van der Waals surface area contributed by atoms with Gasteiger partial charge in [0.25, 0.3) is 17.5 Å². The van der Waals surface area contributed by atoms with Crippen LogP contribution in [0.3, 0.4) is 0 Å². The summed E-state index contributed by atoms with van der Waals surface area (Å²) in [5, 5.41) is 35.8. The Morgan fingerprint density at radius 2 is 1.08 bits per heavy atom. The number of ether oxygens (including phenoxy) is 4. The molecule has 76 heavy (non-hydrogen) atoms. The van der Waals surface area contributed by atoms with Gasteiger partial charge in [-0.1, -0.05) is 42.8 Å². The van der Waals surface area contributed by atoms with Crippen LogP contribution in [-0.2, 0) is 9.59 Å². The SMILES string of the molecule is C.COc1c(F)cc([C@@H](O)[C@@H](CN2CCCC2)NC(=O)C(=O)c2cc3ccc(Cl)cc3s2)cc1OC(C)C.COc1c(F)cc([C@@H](O)[C@H](N)CN2CCCC2)cc1OC(C)C.O=C(O)C(=O)c1cc2ccc(Cl)cc2s1. The maximum atomic E-state index is 14.9. The number of aliphatic hydroxyl groups is 2. The normalized spacial score (nSPS) is 15.2. The summed E-state index contributed by atoms with van der Waals surface area (Å²) in [6.07, 6.45) is 1.69. The predicted molar refractivity (Wildman–Crippen MR) is 295 cm³/mol. The molecular formula is C55H66Cl2F2N4O11S2. The molecule has 0 saturated carbocycles. The Bertz CT molecular complexity index is 2960. The van der Waals surface area contributed by atoms with Crippen LogP contribution in [0.15, 0.2) is 72.8 Å². The largest absolute Gasteiger partial charge is 0.490 e. The Kier molecular flexibility index (Phi) is 22.8. The Morgan fingerprint density at radius 3 is 1.50 bits per heavy atom. The van der Waals surface area contributed by atoms with Crippen LogP contribution in [-0.4, -0.2) is 126 Å². The summed E-state index contributed by atoms with van der Waals surface area (Å²) in [5.41, 5.74) is 6.73. The Morgan fingerprint density at radius 1 is 0.658 bits per heavy atom. The highest BCUT2D eigenvalue weighted by Gasteiger charge is 2.32. The van der Waals surface area contributed by atoms with E-state index in [4.69, 9.17) is 53.0 Å². The lowest BCUT2D eigenvalue weighted by atomic mass is 10.00. The fourth-order valence-corrected chi connectivity index (χ4v) is 11.1. The number of halogens is 4. The van der Waals surface area contributed by atoms with E-state index in [2.05, 4.69) is 15.1 Å². The number of rotatable bonds is 19. The molecule has 4 aromatic carbocycles. The van der Waals surface area contributed by atoms with Gasteiger partial charge in [-0.15, -0.1) is 22.7 Å². The fraction of sp³-hybridized carbons (Fsp3) is 0.418. The number of Topliss-reactive ketones (excluding diaryl/α,β-unsaturated/α-hetero) is 2. The monoisotopic (exact) mass is 1130 g/mol. The second-order valence-electron chi connectivity index (χ2n) is 18.6. The molecule has 6 N–H and O–H groups in total. The maximum Gasteiger partial charge on any atom is 0.378 e. The number of carboxylic acids is 1. The van der Waals surface area contributed by atoms with Gasteiger partial charge < -0.3 is 55.1 Å². The number of hydrogen-bond donors (Lipinski definition) is 5. The van der Waals surface area contributed by atoms with Crippen molar-refractivity contribution in [1.29, 1.82) is 0 Å². The predicted octanol–water partition coefficient (Wildman–Crippen LogP) is 10.5. The molecule has 2 aliphatic rings. The molecule has 2 aliphatic heterocycles. The minimum absolute atomic E-state index is 0. The van der Waals surface area contributed by atoms with Gasteiger partial charge in [0.2, 0.25) is 0 Å². The Labute approximate surface area is 459 Å². The van der Waals surface area contributed by atoms with Crippen molar-refractivity contribution < 1.29 is 62.2 Å². The number of ketones is 2. The van der Waals surface area contributed by atoms with Crippen LogP contribution in [0, 0.1) is 11.6 Å². The molecule has 412 valence electrons. The molecule has 0 bridgehead atoms. The highest BCUT2D eigenvalue weighted by atomic mass is 35.5. The number of thiophene rings is 2. The number of carboxylic acid groups (broad SMARTS) is 1. The van der Waals surface area contributed by atoms with Crippen molar-refractivity contribution in [2.24, 2.45) is 5.73 Å². The Balaban J connectivity index is 0.000000232. The van der Waals surface area contributed by atoms with E-state index in [-0.39, 0.29) is 58.0 Å². The van der Waals surface area contributed by atoms with Crippen molar-refractivity contribution in [3.05, 3.63) is 115 Å². The first kappa shape index (κ1) is 61.4. The van der Waals surface area contributed by atoms with Gasteiger partial charge in [0.1, 0.15) is 6.10 Å². The van der Waals surface area contributed by atoms with Gasteiger partial charge >= 0.3 is 5.97 Å². The molecule has 2 aromatic heterocycles. The molecule has 0 radical (unpaired) electrons. The smallest absolute Gasteiger partial charge is 0.378 e. The average molecular weight is 1130 g/mol. The molecule has 4 heterocycles. The molecule has 2 saturated heterocycles. The number of carbonyl (C=O) groups excluding carboxylic acids is 3. The van der Waals surface area contributed by atoms with E-state index in [0.717, 1.165) is 89.4 Å². The minimum atomic E-state index is -1.44. The number of nitrogens with two attached hydrogens (primary N) is 1. The first-order valence-electron chi connectivity index (χ1n) is 24.3. The molecule has 15 nitrogen and oxygen atoms in total. The van der Waals surface area contributed by atoms with Crippen molar-refractivity contribution in [1.82, 2.24) is 15.1 Å². The van der Waals surface area contributed by atoms with Gasteiger partial charge in [0, 0.05) is 38.6 Å². The van der Waals surface area contributed by atoms with Crippen molar-refractivity contribution in [2.75, 3.05) is 53.5 Å². The number of amides is 1. The van der Waals surface area contributed by atoms with Crippen LogP contribution in [0.1, 0.15) is 103 Å². The second-order valence-corrected chi connectivity index (χ2v) is 21.6. The van der Waals surface area contributed by atoms with Gasteiger partial charge in [0.05, 0.1) is 48.3 Å². The second kappa shape index (κ2) is 28.2. The van der Waals surface area contributed by atoms with E-state index in [1.165, 1.54) is 37.7 Å². The first-order valence-corrected chi connectivity index (χ1v) is 26.7. The van der Waals surface area contributed by atoms with Gasteiger partial charge in [-0.05, 0) is 162 Å². The summed E-state index contributed by atoms with van der Waals surface area (Å²) in [4.78, 5) is 52.5. The molecule has 6 aromatic rings. The topological polar surface area (TPSA) is 210 Å². The third-order valence-corrected chi connectivity index (χ3v) is 14.8. The molecule has 21 heteroatoms. The van der Waals surface area contributed by atoms with E-state index in [9.17, 15) is 38.2 Å². The number of methoxy groups -OCH3 is 2. The summed E-state index contributed by atoms with van der Waals surface area (Å²) in [6, 6.07) is 17.8. The first-order chi connectivity index (χ1) is 35.6. The average Bonchev–Trinajstić information content (AvgIpc) is 4.21. The molecule has 8 rings (SSSR count). The lowest BCUT2D eigenvalue weighted by Crippen LogP contribution is -2.48. The van der Waals surface area contributed by atoms with Crippen molar-refractivity contribution in [3.63, 3.8) is 0 Å². The molecule has 2 fully saturated rings. The number of benzene rings is 4. The Hall–Kier alpha value is -5.48. The number of nitrogens with one attached hydrogen (secondary N) is 1. The van der Waals surface area contributed by atoms with Crippen LogP contribution in [0.5, 0.6) is 23.0 Å². The van der Waals surface area contributed by atoms with E-state index < -0.39 is 59.4 Å². The zero-order valence-corrected chi connectivity index (χ0v) is 45.5. The number of carbonyl (C=O) groups is 4. The summed E-state index contributed by atoms with van der Waals surface area (Å²) in [5.74, 6) is -4.71. The van der Waals surface area contributed by atoms with Gasteiger partial charge in [-0.2, -0.15) is 0 Å². The van der Waals surface area contributed by atoms with Crippen LogP contribution in [0.2, 0.25) is 10.0 Å². The number of aliphatic hydroxyl groups excluding tert-OH is 2. The molecule has 0 aliphatic carbocycles. The van der Waals surface area contributed by atoms with Crippen LogP contribution in [0.25, 0.3) is 20.2 Å². The highest BCUT2D eigenvalue weighted by molar-refractivity contribution is 7.22. The number of likely N-dealkylation sites (tertiary alicyclic amines) is 2. The van der Waals surface area contributed by atoms with Crippen molar-refractivity contribution in [2.45, 2.75) is 97.3 Å². The zero-order chi connectivity index (χ0) is 54.7. The van der Waals surface area contributed by atoms with Gasteiger partial charge in [-0.25, -0.2) is 13.6 Å². The third kappa shape index (κ3) is 16.3. The summed E-state index contributed by atoms with van der Waals surface area (Å²) in [7, 11) is 2.73. The van der Waals surface area contributed by atoms with E-state index in [1.54, 1.807) is 68.4 Å². The number of nitrogens with zero attached hydrogens (tertiary/aromatic N) is 2. The molecule has 4 atom stereocenters. The molecular weight excluding hydrogens is 1070 g/mol. The fourth-order valence-electron chi connectivity index (χ4n) is 8.59. The van der Waals surface area contributed by atoms with Gasteiger partial charge in [0.15, 0.2) is 34.6 Å². The number of aliphatic carboxylic acids is 1. The van der Waals surface area contributed by atoms with E-state index in [0.29, 0.717) is 28.7 Å². The maximum absolute atomic E-state index is 14.9. The van der Waals surface area contributed by atoms with Crippen molar-refractivity contribution in [3.8, 4) is 23.0 Å². The van der Waals surface area contributed by atoms with E-state index in [1.807, 2.05) is 13.8 Å². The van der Waals surface area contributed by atoms with Gasteiger partial charge in [-0.3, -0.25) is 14.4 Å². The molecule has 0 spiro atoms. The number of hydrogen-bond acceptors (Lipinski definition) is 15. The van der Waals surface area contributed by atoms with Crippen LogP contribution < -0.4 is 30.0 Å². The quantitative estimate of drug-likeness (QED) is 0.0378. The molecule has 1 amide bonds. The standard InChI is InChI=1S/C27H30ClFN2O5S.C17H27FN2O3.C10H5ClO3S.CH4/c1-15(2)36-21-11-17(10-19(29)26(21)35-3)24(32)20(14-31-8-4-5-9-31)30-27(34)25(33)23-12-16-6-7-18(28)13-22(16)37-23;1-11(2)23-15-9-12(8-13(18)17(15)22-3)16(21)14(19)10-20-6-4-5-7-20;11-6-2-1-5-3-8(9(12)10(13)14)15-7(5)4-6;/h6-7,10-13,15,20,24,32H,4-5,8-9,14H2,1-3H3,(H,30,34);8-9,11,14,16,21H,4-7,10,19H2,1-3H3;1-4H,(H,13,14);1H4/t20-,24-;14-,16-;;/m11../s1. The lowest BCUT2D eigenvalue weighted by molar-refractivity contribution is -0.131. The zero-order valence-electron chi connectivity index (χ0n) is 42.4. The summed E-state index contributed by atoms with van der Waals surface area (Å²) < 4.78 is 52.2. The van der Waals surface area contributed by atoms with E-state index >= 15 is 0 Å². The summed E-state index contributed by atoms with van der Waals surface area (Å²) >= 11 is 14.1.